The van der Waals surface area contributed by atoms with E-state index >= 15 is 0 Å². The summed E-state index contributed by atoms with van der Waals surface area (Å²) in [6.45, 7) is 1.66. The summed E-state index contributed by atoms with van der Waals surface area (Å²) in [4.78, 5) is 43.0. The van der Waals surface area contributed by atoms with Crippen molar-refractivity contribution in [1.29, 1.82) is 0 Å². The molecule has 8 heteroatoms. The zero-order valence-electron chi connectivity index (χ0n) is 21.1. The van der Waals surface area contributed by atoms with Gasteiger partial charge in [0.2, 0.25) is 11.8 Å². The maximum atomic E-state index is 14.2. The number of aliphatic hydroxyl groups is 1. The van der Waals surface area contributed by atoms with Gasteiger partial charge in [-0.15, -0.1) is 11.8 Å². The average Bonchev–Trinajstić information content (AvgIpc) is 3.57. The van der Waals surface area contributed by atoms with Gasteiger partial charge in [0.15, 0.2) is 0 Å². The first-order chi connectivity index (χ1) is 18.5. The summed E-state index contributed by atoms with van der Waals surface area (Å²) in [5.41, 5.74) is 1.39. The molecule has 0 saturated carbocycles. The number of carbonyl (C=O) groups is 3. The Bertz CT molecular complexity index is 1400. The molecule has 2 N–H and O–H groups in total. The van der Waals surface area contributed by atoms with Gasteiger partial charge in [-0.2, -0.15) is 0 Å². The molecular weight excluding hydrogens is 500 g/mol. The molecule has 1 spiro atoms. The molecule has 3 aromatic carbocycles. The number of esters is 1. The van der Waals surface area contributed by atoms with E-state index in [-0.39, 0.29) is 36.2 Å². The van der Waals surface area contributed by atoms with Gasteiger partial charge in [0.1, 0.15) is 6.04 Å². The SMILES string of the molecule is CCOC(=O)[C@@H]1[C@@H]2CCC3(S2)C(C(=O)Nc2ccc4ccccc4c2)N([C@H](CO)c2ccccc2)C(=O)[C@H]13. The summed E-state index contributed by atoms with van der Waals surface area (Å²) >= 11 is 1.59. The molecule has 3 heterocycles. The van der Waals surface area contributed by atoms with Crippen molar-refractivity contribution < 1.29 is 24.2 Å². The van der Waals surface area contributed by atoms with E-state index < -0.39 is 28.7 Å². The molecular formula is C30H30N2O5S. The molecule has 6 atom stereocenters. The van der Waals surface area contributed by atoms with Crippen LogP contribution in [0.1, 0.15) is 31.4 Å². The lowest BCUT2D eigenvalue weighted by Gasteiger charge is -2.37. The van der Waals surface area contributed by atoms with Crippen LogP contribution in [0, 0.1) is 11.8 Å². The predicted molar refractivity (Wildman–Crippen MR) is 146 cm³/mol. The number of hydrogen-bond acceptors (Lipinski definition) is 6. The minimum Gasteiger partial charge on any atom is -0.466 e. The van der Waals surface area contributed by atoms with Gasteiger partial charge in [-0.25, -0.2) is 0 Å². The molecule has 2 amide bonds. The smallest absolute Gasteiger partial charge is 0.310 e. The molecule has 0 aromatic heterocycles. The number of likely N-dealkylation sites (tertiary alicyclic amines) is 1. The summed E-state index contributed by atoms with van der Waals surface area (Å²) in [6, 6.07) is 21.4. The van der Waals surface area contributed by atoms with E-state index in [0.29, 0.717) is 12.1 Å². The highest BCUT2D eigenvalue weighted by atomic mass is 32.2. The van der Waals surface area contributed by atoms with E-state index in [1.165, 1.54) is 0 Å². The third-order valence-corrected chi connectivity index (χ3v) is 10.2. The van der Waals surface area contributed by atoms with E-state index in [2.05, 4.69) is 5.32 Å². The number of hydrogen-bond donors (Lipinski definition) is 2. The van der Waals surface area contributed by atoms with E-state index in [0.717, 1.165) is 22.8 Å². The number of nitrogens with zero attached hydrogens (tertiary/aromatic N) is 1. The Hall–Kier alpha value is -3.36. The minimum absolute atomic E-state index is 0.0644. The predicted octanol–water partition coefficient (Wildman–Crippen LogP) is 4.17. The number of aliphatic hydroxyl groups excluding tert-OH is 1. The van der Waals surface area contributed by atoms with Crippen LogP contribution in [0.5, 0.6) is 0 Å². The fraction of sp³-hybridized carbons (Fsp3) is 0.367. The van der Waals surface area contributed by atoms with Crippen LogP contribution < -0.4 is 5.32 Å². The first-order valence-corrected chi connectivity index (χ1v) is 14.0. The van der Waals surface area contributed by atoms with Crippen molar-refractivity contribution >= 4 is 46.0 Å². The fourth-order valence-electron chi connectivity index (χ4n) is 6.74. The summed E-state index contributed by atoms with van der Waals surface area (Å²) in [5, 5.41) is 15.6. The van der Waals surface area contributed by atoms with Crippen LogP contribution in [0.2, 0.25) is 0 Å². The molecule has 3 saturated heterocycles. The summed E-state index contributed by atoms with van der Waals surface area (Å²) in [5.74, 6) is -2.21. The van der Waals surface area contributed by atoms with Gasteiger partial charge >= 0.3 is 5.97 Å². The molecule has 6 rings (SSSR count). The molecule has 3 aromatic rings. The van der Waals surface area contributed by atoms with Crippen molar-refractivity contribution in [3.05, 3.63) is 78.4 Å². The topological polar surface area (TPSA) is 95.9 Å². The van der Waals surface area contributed by atoms with E-state index in [9.17, 15) is 19.5 Å². The molecule has 3 aliphatic rings. The molecule has 2 unspecified atom stereocenters. The highest BCUT2D eigenvalue weighted by molar-refractivity contribution is 8.02. The quantitative estimate of drug-likeness (QED) is 0.446. The molecule has 0 radical (unpaired) electrons. The van der Waals surface area contributed by atoms with Gasteiger partial charge < -0.3 is 20.1 Å². The number of thioether (sulfide) groups is 1. The zero-order valence-corrected chi connectivity index (χ0v) is 21.9. The standard InChI is InChI=1S/C30H30N2O5S/c1-2-37-29(36)24-23-14-15-30(38-23)25(24)28(35)32(22(17-33)19-9-4-3-5-10-19)26(30)27(34)31-21-13-12-18-8-6-7-11-20(18)16-21/h3-13,16,22-26,33H,2,14-15,17H2,1H3,(H,31,34)/t22-,23+,24-,25+,26?,30?/m1/s1. The van der Waals surface area contributed by atoms with Gasteiger partial charge in [0.05, 0.1) is 35.8 Å². The number of benzene rings is 3. The Kier molecular flexibility index (Phi) is 6.40. The number of rotatable bonds is 7. The number of nitrogens with one attached hydrogen (secondary N) is 1. The summed E-state index contributed by atoms with van der Waals surface area (Å²) in [6.07, 6.45) is 1.38. The first kappa shape index (κ1) is 24.9. The number of amides is 2. The molecule has 0 aliphatic carbocycles. The highest BCUT2D eigenvalue weighted by Crippen LogP contribution is 2.67. The normalized spacial score (nSPS) is 28.4. The Morgan fingerprint density at radius 2 is 1.84 bits per heavy atom. The summed E-state index contributed by atoms with van der Waals surface area (Å²) in [7, 11) is 0. The second kappa shape index (κ2) is 9.75. The van der Waals surface area contributed by atoms with Crippen LogP contribution in [0.25, 0.3) is 10.8 Å². The zero-order chi connectivity index (χ0) is 26.4. The molecule has 7 nitrogen and oxygen atoms in total. The van der Waals surface area contributed by atoms with Gasteiger partial charge in [-0.05, 0) is 48.2 Å². The third-order valence-electron chi connectivity index (χ3n) is 8.26. The maximum absolute atomic E-state index is 14.2. The molecule has 196 valence electrons. The average molecular weight is 531 g/mol. The lowest BCUT2D eigenvalue weighted by atomic mass is 9.71. The van der Waals surface area contributed by atoms with Crippen LogP contribution in [0.15, 0.2) is 72.8 Å². The van der Waals surface area contributed by atoms with E-state index in [1.54, 1.807) is 23.6 Å². The lowest BCUT2D eigenvalue weighted by Crippen LogP contribution is -2.52. The maximum Gasteiger partial charge on any atom is 0.310 e. The van der Waals surface area contributed by atoms with Gasteiger partial charge in [0.25, 0.3) is 0 Å². The molecule has 3 aliphatic heterocycles. The van der Waals surface area contributed by atoms with Crippen LogP contribution in [-0.4, -0.2) is 57.0 Å². The number of ether oxygens (including phenoxy) is 1. The van der Waals surface area contributed by atoms with E-state index in [1.807, 2.05) is 72.8 Å². The third kappa shape index (κ3) is 3.81. The van der Waals surface area contributed by atoms with Crippen molar-refractivity contribution in [2.45, 2.75) is 41.8 Å². The Morgan fingerprint density at radius 1 is 1.11 bits per heavy atom. The van der Waals surface area contributed by atoms with Crippen molar-refractivity contribution in [1.82, 2.24) is 4.90 Å². The second-order valence-electron chi connectivity index (χ2n) is 10.2. The largest absolute Gasteiger partial charge is 0.466 e. The van der Waals surface area contributed by atoms with Crippen LogP contribution >= 0.6 is 11.8 Å². The number of carbonyl (C=O) groups excluding carboxylic acids is 3. The van der Waals surface area contributed by atoms with Gasteiger partial charge in [-0.1, -0.05) is 60.7 Å². The Labute approximate surface area is 225 Å². The van der Waals surface area contributed by atoms with Gasteiger partial charge in [0, 0.05) is 10.9 Å². The Balaban J connectivity index is 1.42. The van der Waals surface area contributed by atoms with Crippen molar-refractivity contribution in [3.8, 4) is 0 Å². The Morgan fingerprint density at radius 3 is 2.58 bits per heavy atom. The second-order valence-corrected chi connectivity index (χ2v) is 11.8. The number of fused-ring (bicyclic) bond motifs is 2. The fourth-order valence-corrected chi connectivity index (χ4v) is 8.93. The first-order valence-electron chi connectivity index (χ1n) is 13.1. The van der Waals surface area contributed by atoms with Crippen molar-refractivity contribution in [3.63, 3.8) is 0 Å². The van der Waals surface area contributed by atoms with Crippen molar-refractivity contribution in [2.24, 2.45) is 11.8 Å². The summed E-state index contributed by atoms with van der Waals surface area (Å²) < 4.78 is 4.64. The number of anilines is 1. The lowest BCUT2D eigenvalue weighted by molar-refractivity contribution is -0.154. The molecule has 3 fully saturated rings. The van der Waals surface area contributed by atoms with Crippen LogP contribution in [0.3, 0.4) is 0 Å². The van der Waals surface area contributed by atoms with Crippen LogP contribution in [0.4, 0.5) is 5.69 Å². The monoisotopic (exact) mass is 530 g/mol. The van der Waals surface area contributed by atoms with Gasteiger partial charge in [-0.3, -0.25) is 14.4 Å². The molecule has 38 heavy (non-hydrogen) atoms. The minimum atomic E-state index is -0.849. The van der Waals surface area contributed by atoms with E-state index in [4.69, 9.17) is 4.74 Å². The highest BCUT2D eigenvalue weighted by Gasteiger charge is 2.74. The van der Waals surface area contributed by atoms with Crippen LogP contribution in [-0.2, 0) is 19.1 Å². The molecule has 2 bridgehead atoms. The van der Waals surface area contributed by atoms with Crippen molar-refractivity contribution in [2.75, 3.05) is 18.5 Å².